The summed E-state index contributed by atoms with van der Waals surface area (Å²) in [5.74, 6) is 0.642. The van der Waals surface area contributed by atoms with Crippen molar-refractivity contribution < 1.29 is 9.84 Å². The first-order valence-corrected chi connectivity index (χ1v) is 9.08. The predicted molar refractivity (Wildman–Crippen MR) is 93.3 cm³/mol. The van der Waals surface area contributed by atoms with Crippen LogP contribution in [0.1, 0.15) is 93.7 Å². The molecule has 2 rings (SSSR count). The molecule has 0 spiro atoms. The van der Waals surface area contributed by atoms with E-state index in [2.05, 4.69) is 11.9 Å². The highest BCUT2D eigenvalue weighted by Crippen LogP contribution is 2.38. The van der Waals surface area contributed by atoms with E-state index in [9.17, 15) is 9.90 Å². The van der Waals surface area contributed by atoms with Gasteiger partial charge in [0.05, 0.1) is 24.6 Å². The van der Waals surface area contributed by atoms with Crippen molar-refractivity contribution in [2.75, 3.05) is 7.11 Å². The quantitative estimate of drug-likeness (QED) is 0.700. The number of nitrogens with one attached hydrogen (secondary N) is 1. The molecular weight excluding hydrogens is 290 g/mol. The van der Waals surface area contributed by atoms with Gasteiger partial charge in [-0.25, -0.2) is 0 Å². The standard InChI is InChI=1S/C19H31NO3/c1-4-5-6-7-8-9-10-14-11-12-15(21)17-16(14)18(22)19(23-3)13(2)20-17/h14-15,21H,4-12H2,1-3H3,(H,20,22). The zero-order chi connectivity index (χ0) is 16.8. The number of aromatic amines is 1. The second-order valence-corrected chi connectivity index (χ2v) is 6.79. The summed E-state index contributed by atoms with van der Waals surface area (Å²) < 4.78 is 5.27. The Morgan fingerprint density at radius 3 is 2.57 bits per heavy atom. The van der Waals surface area contributed by atoms with Crippen LogP contribution in [0.15, 0.2) is 4.79 Å². The van der Waals surface area contributed by atoms with Gasteiger partial charge in [0.25, 0.3) is 0 Å². The first-order chi connectivity index (χ1) is 11.1. The predicted octanol–water partition coefficient (Wildman–Crippen LogP) is 4.35. The van der Waals surface area contributed by atoms with Gasteiger partial charge in [-0.3, -0.25) is 4.79 Å². The van der Waals surface area contributed by atoms with E-state index in [1.165, 1.54) is 39.2 Å². The Morgan fingerprint density at radius 1 is 1.17 bits per heavy atom. The summed E-state index contributed by atoms with van der Waals surface area (Å²) in [6.07, 6.45) is 9.65. The normalized spacial score (nSPS) is 20.3. The Balaban J connectivity index is 2.10. The lowest BCUT2D eigenvalue weighted by molar-refractivity contribution is 0.143. The van der Waals surface area contributed by atoms with Gasteiger partial charge in [-0.1, -0.05) is 45.4 Å². The monoisotopic (exact) mass is 321 g/mol. The van der Waals surface area contributed by atoms with Crippen LogP contribution in [0.4, 0.5) is 0 Å². The number of methoxy groups -OCH3 is 1. The Hall–Kier alpha value is -1.29. The molecular formula is C19H31NO3. The molecule has 0 aliphatic heterocycles. The van der Waals surface area contributed by atoms with Crippen molar-refractivity contribution in [1.82, 2.24) is 4.98 Å². The fourth-order valence-electron chi connectivity index (χ4n) is 3.76. The van der Waals surface area contributed by atoms with Crippen LogP contribution in [0.5, 0.6) is 5.75 Å². The molecule has 1 aliphatic rings. The summed E-state index contributed by atoms with van der Waals surface area (Å²) in [6, 6.07) is 0. The lowest BCUT2D eigenvalue weighted by atomic mass is 9.80. The van der Waals surface area contributed by atoms with E-state index in [0.29, 0.717) is 11.4 Å². The number of pyridine rings is 1. The first kappa shape index (κ1) is 18.1. The molecule has 0 amide bonds. The highest BCUT2D eigenvalue weighted by molar-refractivity contribution is 5.39. The molecule has 2 atom stereocenters. The van der Waals surface area contributed by atoms with Crippen LogP contribution in [-0.2, 0) is 0 Å². The average Bonchev–Trinajstić information content (AvgIpc) is 2.53. The summed E-state index contributed by atoms with van der Waals surface area (Å²) in [6.45, 7) is 4.05. The Morgan fingerprint density at radius 2 is 1.87 bits per heavy atom. The summed E-state index contributed by atoms with van der Waals surface area (Å²) in [5, 5.41) is 10.2. The van der Waals surface area contributed by atoms with Crippen LogP contribution in [0, 0.1) is 6.92 Å². The van der Waals surface area contributed by atoms with E-state index < -0.39 is 6.10 Å². The maximum absolute atomic E-state index is 12.7. The van der Waals surface area contributed by atoms with Crippen LogP contribution in [0.3, 0.4) is 0 Å². The number of unbranched alkanes of at least 4 members (excludes halogenated alkanes) is 5. The van der Waals surface area contributed by atoms with Gasteiger partial charge < -0.3 is 14.8 Å². The summed E-state index contributed by atoms with van der Waals surface area (Å²) in [4.78, 5) is 16.0. The Labute approximate surface area is 139 Å². The second-order valence-electron chi connectivity index (χ2n) is 6.79. The van der Waals surface area contributed by atoms with Gasteiger partial charge in [-0.05, 0) is 32.1 Å². The fraction of sp³-hybridized carbons (Fsp3) is 0.737. The minimum Gasteiger partial charge on any atom is -0.491 e. The molecule has 1 aromatic heterocycles. The van der Waals surface area contributed by atoms with E-state index in [4.69, 9.17) is 4.74 Å². The number of hydrogen-bond donors (Lipinski definition) is 2. The molecule has 1 aromatic rings. The third-order valence-corrected chi connectivity index (χ3v) is 5.04. The van der Waals surface area contributed by atoms with Gasteiger partial charge in [-0.2, -0.15) is 0 Å². The number of aliphatic hydroxyl groups excluding tert-OH is 1. The number of rotatable bonds is 8. The summed E-state index contributed by atoms with van der Waals surface area (Å²) in [5.41, 5.74) is 2.15. The average molecular weight is 321 g/mol. The van der Waals surface area contributed by atoms with Gasteiger partial charge in [0.2, 0.25) is 5.43 Å². The smallest absolute Gasteiger partial charge is 0.227 e. The molecule has 0 radical (unpaired) electrons. The SMILES string of the molecule is CCCCCCCCC1CCC(O)c2[nH]c(C)c(OC)c(=O)c21. The van der Waals surface area contributed by atoms with Crippen molar-refractivity contribution in [1.29, 1.82) is 0 Å². The fourth-order valence-corrected chi connectivity index (χ4v) is 3.76. The van der Waals surface area contributed by atoms with Crippen LogP contribution in [0.25, 0.3) is 0 Å². The van der Waals surface area contributed by atoms with Crippen molar-refractivity contribution in [3.63, 3.8) is 0 Å². The molecule has 130 valence electrons. The van der Waals surface area contributed by atoms with E-state index in [1.807, 2.05) is 6.92 Å². The molecule has 1 heterocycles. The number of fused-ring (bicyclic) bond motifs is 1. The molecule has 2 N–H and O–H groups in total. The zero-order valence-corrected chi connectivity index (χ0v) is 14.8. The van der Waals surface area contributed by atoms with Crippen molar-refractivity contribution in [2.24, 2.45) is 0 Å². The maximum Gasteiger partial charge on any atom is 0.227 e. The molecule has 0 aromatic carbocycles. The third-order valence-electron chi connectivity index (χ3n) is 5.04. The number of H-pyrrole nitrogens is 1. The van der Waals surface area contributed by atoms with Crippen LogP contribution in [-0.4, -0.2) is 17.2 Å². The molecule has 0 saturated heterocycles. The largest absolute Gasteiger partial charge is 0.491 e. The Bertz CT molecular complexity index is 564. The van der Waals surface area contributed by atoms with E-state index in [0.717, 1.165) is 36.9 Å². The summed E-state index contributed by atoms with van der Waals surface area (Å²) >= 11 is 0. The first-order valence-electron chi connectivity index (χ1n) is 9.08. The van der Waals surface area contributed by atoms with Crippen LogP contribution < -0.4 is 10.2 Å². The van der Waals surface area contributed by atoms with Gasteiger partial charge in [0.15, 0.2) is 5.75 Å². The topological polar surface area (TPSA) is 62.3 Å². The highest BCUT2D eigenvalue weighted by Gasteiger charge is 2.30. The minimum absolute atomic E-state index is 0.0338. The molecule has 2 unspecified atom stereocenters. The van der Waals surface area contributed by atoms with Gasteiger partial charge >= 0.3 is 0 Å². The number of aliphatic hydroxyl groups is 1. The van der Waals surface area contributed by atoms with Gasteiger partial charge in [-0.15, -0.1) is 0 Å². The molecule has 23 heavy (non-hydrogen) atoms. The van der Waals surface area contributed by atoms with Crippen LogP contribution in [0.2, 0.25) is 0 Å². The van der Waals surface area contributed by atoms with E-state index >= 15 is 0 Å². The van der Waals surface area contributed by atoms with Crippen molar-refractivity contribution in [3.8, 4) is 5.75 Å². The molecule has 1 aliphatic carbocycles. The van der Waals surface area contributed by atoms with Gasteiger partial charge in [0.1, 0.15) is 0 Å². The number of aryl methyl sites for hydroxylation is 1. The number of ether oxygens (including phenoxy) is 1. The number of aromatic nitrogens is 1. The molecule has 4 nitrogen and oxygen atoms in total. The minimum atomic E-state index is -0.553. The van der Waals surface area contributed by atoms with Crippen molar-refractivity contribution in [2.45, 2.75) is 83.7 Å². The summed E-state index contributed by atoms with van der Waals surface area (Å²) in [7, 11) is 1.53. The Kier molecular flexibility index (Phi) is 6.70. The van der Waals surface area contributed by atoms with E-state index in [1.54, 1.807) is 0 Å². The highest BCUT2D eigenvalue weighted by atomic mass is 16.5. The maximum atomic E-state index is 12.7. The van der Waals surface area contributed by atoms with Crippen molar-refractivity contribution in [3.05, 3.63) is 27.2 Å². The molecule has 4 heteroatoms. The molecule has 0 fully saturated rings. The number of hydrogen-bond acceptors (Lipinski definition) is 3. The zero-order valence-electron chi connectivity index (χ0n) is 14.8. The van der Waals surface area contributed by atoms with Crippen LogP contribution >= 0.6 is 0 Å². The van der Waals surface area contributed by atoms with Crippen molar-refractivity contribution >= 4 is 0 Å². The second kappa shape index (κ2) is 8.53. The molecule has 0 saturated carbocycles. The van der Waals surface area contributed by atoms with Gasteiger partial charge in [0, 0.05) is 5.56 Å². The lowest BCUT2D eigenvalue weighted by Gasteiger charge is -2.29. The third kappa shape index (κ3) is 4.17. The lowest BCUT2D eigenvalue weighted by Crippen LogP contribution is -2.26. The molecule has 0 bridgehead atoms. The van der Waals surface area contributed by atoms with E-state index in [-0.39, 0.29) is 11.3 Å².